The maximum atomic E-state index is 11.9. The Morgan fingerprint density at radius 2 is 2.10 bits per heavy atom. The summed E-state index contributed by atoms with van der Waals surface area (Å²) in [6, 6.07) is -0.709. The molecule has 1 saturated heterocycles. The number of aliphatic carboxylic acids is 1. The first-order valence-electron chi connectivity index (χ1n) is 7.13. The molecule has 6 nitrogen and oxygen atoms in total. The predicted molar refractivity (Wildman–Crippen MR) is 75.6 cm³/mol. The van der Waals surface area contributed by atoms with E-state index in [2.05, 4.69) is 10.6 Å². The number of carbonyl (C=O) groups is 2. The van der Waals surface area contributed by atoms with E-state index in [0.717, 1.165) is 19.4 Å². The minimum absolute atomic E-state index is 0.0799. The molecule has 0 spiro atoms. The van der Waals surface area contributed by atoms with E-state index in [0.29, 0.717) is 19.1 Å². The van der Waals surface area contributed by atoms with Crippen LogP contribution in [0.1, 0.15) is 40.0 Å². The van der Waals surface area contributed by atoms with E-state index >= 15 is 0 Å². The number of carbonyl (C=O) groups excluding carboxylic acids is 1. The van der Waals surface area contributed by atoms with E-state index in [9.17, 15) is 9.59 Å². The van der Waals surface area contributed by atoms with Gasteiger partial charge in [-0.3, -0.25) is 4.79 Å². The molecule has 6 heteroatoms. The molecule has 0 aliphatic carbocycles. The molecule has 1 rings (SSSR count). The average Bonchev–Trinajstić information content (AvgIpc) is 2.35. The highest BCUT2D eigenvalue weighted by molar-refractivity contribution is 5.75. The lowest BCUT2D eigenvalue weighted by atomic mass is 9.85. The van der Waals surface area contributed by atoms with Crippen molar-refractivity contribution in [3.63, 3.8) is 0 Å². The van der Waals surface area contributed by atoms with Gasteiger partial charge in [-0.25, -0.2) is 4.79 Å². The molecule has 0 aromatic heterocycles. The second-order valence-corrected chi connectivity index (χ2v) is 6.45. The molecular formula is C14H26N2O4. The summed E-state index contributed by atoms with van der Waals surface area (Å²) in [6.45, 7) is 7.78. The summed E-state index contributed by atoms with van der Waals surface area (Å²) in [5.41, 5.74) is -0.302. The highest BCUT2D eigenvalue weighted by atomic mass is 16.5. The van der Waals surface area contributed by atoms with Gasteiger partial charge in [-0.1, -0.05) is 20.8 Å². The first-order valence-corrected chi connectivity index (χ1v) is 7.13. The molecule has 0 bridgehead atoms. The summed E-state index contributed by atoms with van der Waals surface area (Å²) in [5.74, 6) is -0.562. The van der Waals surface area contributed by atoms with Crippen molar-refractivity contribution in [2.24, 2.45) is 11.3 Å². The Morgan fingerprint density at radius 3 is 2.60 bits per heavy atom. The molecule has 2 amide bonds. The van der Waals surface area contributed by atoms with Crippen molar-refractivity contribution in [3.05, 3.63) is 0 Å². The van der Waals surface area contributed by atoms with E-state index in [1.54, 1.807) is 0 Å². The normalized spacial score (nSPS) is 21.1. The van der Waals surface area contributed by atoms with Gasteiger partial charge in [-0.15, -0.1) is 0 Å². The van der Waals surface area contributed by atoms with Gasteiger partial charge in [0, 0.05) is 19.2 Å². The molecule has 0 aromatic rings. The van der Waals surface area contributed by atoms with Gasteiger partial charge in [0.25, 0.3) is 0 Å². The van der Waals surface area contributed by atoms with Gasteiger partial charge in [0.2, 0.25) is 0 Å². The quantitative estimate of drug-likeness (QED) is 0.716. The molecule has 2 atom stereocenters. The molecule has 20 heavy (non-hydrogen) atoms. The zero-order valence-electron chi connectivity index (χ0n) is 12.6. The molecule has 1 aliphatic rings. The lowest BCUT2D eigenvalue weighted by Gasteiger charge is -2.30. The smallest absolute Gasteiger partial charge is 0.315 e. The number of amides is 2. The third kappa shape index (κ3) is 6.23. The van der Waals surface area contributed by atoms with E-state index in [1.165, 1.54) is 0 Å². The van der Waals surface area contributed by atoms with Crippen molar-refractivity contribution in [2.45, 2.75) is 46.1 Å². The maximum Gasteiger partial charge on any atom is 0.315 e. The number of ether oxygens (including phenoxy) is 1. The third-order valence-corrected chi connectivity index (χ3v) is 3.54. The van der Waals surface area contributed by atoms with Gasteiger partial charge in [0.15, 0.2) is 0 Å². The summed E-state index contributed by atoms with van der Waals surface area (Å²) in [5, 5.41) is 14.5. The van der Waals surface area contributed by atoms with Crippen molar-refractivity contribution in [3.8, 4) is 0 Å². The second kappa shape index (κ2) is 7.47. The van der Waals surface area contributed by atoms with Crippen LogP contribution in [-0.2, 0) is 9.53 Å². The molecule has 0 radical (unpaired) electrons. The number of rotatable bonds is 5. The molecule has 0 aromatic carbocycles. The van der Waals surface area contributed by atoms with Crippen molar-refractivity contribution in [1.29, 1.82) is 0 Å². The van der Waals surface area contributed by atoms with Gasteiger partial charge in [-0.2, -0.15) is 0 Å². The van der Waals surface area contributed by atoms with Crippen LogP contribution in [0.2, 0.25) is 0 Å². The minimum Gasteiger partial charge on any atom is -0.481 e. The zero-order valence-corrected chi connectivity index (χ0v) is 12.6. The van der Waals surface area contributed by atoms with Gasteiger partial charge in [0.1, 0.15) is 0 Å². The number of urea groups is 1. The maximum absolute atomic E-state index is 11.9. The fourth-order valence-corrected chi connectivity index (χ4v) is 2.16. The standard InChI is InChI=1S/C14H26N2O4/c1-14(2,3)11(7-12(17)18)16-13(19)15-8-10-5-4-6-20-9-10/h10-11H,4-9H2,1-3H3,(H,17,18)(H2,15,16,19). The largest absolute Gasteiger partial charge is 0.481 e. The molecule has 0 saturated carbocycles. The molecule has 2 unspecified atom stereocenters. The van der Waals surface area contributed by atoms with Crippen molar-refractivity contribution < 1.29 is 19.4 Å². The van der Waals surface area contributed by atoms with Crippen LogP contribution >= 0.6 is 0 Å². The van der Waals surface area contributed by atoms with Gasteiger partial charge in [0.05, 0.1) is 13.0 Å². The van der Waals surface area contributed by atoms with Crippen LogP contribution in [-0.4, -0.2) is 42.9 Å². The second-order valence-electron chi connectivity index (χ2n) is 6.45. The van der Waals surface area contributed by atoms with E-state index < -0.39 is 12.0 Å². The summed E-state index contributed by atoms with van der Waals surface area (Å²) in [7, 11) is 0. The molecule has 3 N–H and O–H groups in total. The number of hydrogen-bond donors (Lipinski definition) is 3. The predicted octanol–water partition coefficient (Wildman–Crippen LogP) is 1.60. The van der Waals surface area contributed by atoms with Crippen molar-refractivity contribution in [1.82, 2.24) is 10.6 Å². The Balaban J connectivity index is 2.39. The van der Waals surface area contributed by atoms with Crippen LogP contribution in [0.4, 0.5) is 4.79 Å². The minimum atomic E-state index is -0.911. The van der Waals surface area contributed by atoms with Crippen LogP contribution in [0.5, 0.6) is 0 Å². The van der Waals surface area contributed by atoms with Crippen LogP contribution < -0.4 is 10.6 Å². The molecule has 1 aliphatic heterocycles. The van der Waals surface area contributed by atoms with Crippen LogP contribution in [0.3, 0.4) is 0 Å². The molecule has 116 valence electrons. The van der Waals surface area contributed by atoms with Crippen LogP contribution in [0.25, 0.3) is 0 Å². The highest BCUT2D eigenvalue weighted by Crippen LogP contribution is 2.21. The first kappa shape index (κ1) is 16.8. The Morgan fingerprint density at radius 1 is 1.40 bits per heavy atom. The summed E-state index contributed by atoms with van der Waals surface area (Å²) in [6.07, 6.45) is 2.00. The van der Waals surface area contributed by atoms with Crippen molar-refractivity contribution >= 4 is 12.0 Å². The highest BCUT2D eigenvalue weighted by Gasteiger charge is 2.28. The number of carboxylic acid groups (broad SMARTS) is 1. The first-order chi connectivity index (χ1) is 9.29. The summed E-state index contributed by atoms with van der Waals surface area (Å²) in [4.78, 5) is 22.7. The Bertz CT molecular complexity index is 333. The third-order valence-electron chi connectivity index (χ3n) is 3.54. The lowest BCUT2D eigenvalue weighted by molar-refractivity contribution is -0.138. The van der Waals surface area contributed by atoms with E-state index in [4.69, 9.17) is 9.84 Å². The molecule has 1 fully saturated rings. The molecule has 1 heterocycles. The zero-order chi connectivity index (χ0) is 15.2. The number of hydrogen-bond acceptors (Lipinski definition) is 3. The number of carboxylic acids is 1. The van der Waals surface area contributed by atoms with Gasteiger partial charge in [-0.05, 0) is 24.2 Å². The fraction of sp³-hybridized carbons (Fsp3) is 0.857. The monoisotopic (exact) mass is 286 g/mol. The topological polar surface area (TPSA) is 87.7 Å². The molecular weight excluding hydrogens is 260 g/mol. The summed E-state index contributed by atoms with van der Waals surface area (Å²) >= 11 is 0. The number of nitrogens with one attached hydrogen (secondary N) is 2. The van der Waals surface area contributed by atoms with E-state index in [-0.39, 0.29) is 17.9 Å². The fourth-order valence-electron chi connectivity index (χ4n) is 2.16. The van der Waals surface area contributed by atoms with Crippen LogP contribution in [0, 0.1) is 11.3 Å². The van der Waals surface area contributed by atoms with E-state index in [1.807, 2.05) is 20.8 Å². The lowest BCUT2D eigenvalue weighted by Crippen LogP contribution is -2.50. The van der Waals surface area contributed by atoms with Crippen molar-refractivity contribution in [2.75, 3.05) is 19.8 Å². The van der Waals surface area contributed by atoms with Gasteiger partial charge < -0.3 is 20.5 Å². The van der Waals surface area contributed by atoms with Crippen LogP contribution in [0.15, 0.2) is 0 Å². The Labute approximate surface area is 120 Å². The average molecular weight is 286 g/mol. The Kier molecular flexibility index (Phi) is 6.26. The van der Waals surface area contributed by atoms with Gasteiger partial charge >= 0.3 is 12.0 Å². The Hall–Kier alpha value is -1.30. The summed E-state index contributed by atoms with van der Waals surface area (Å²) < 4.78 is 5.35. The SMILES string of the molecule is CC(C)(C)C(CC(=O)O)NC(=O)NCC1CCCOC1.